The number of aliphatic hydroxyl groups excluding tert-OH is 1. The summed E-state index contributed by atoms with van der Waals surface area (Å²) >= 11 is 0. The van der Waals surface area contributed by atoms with Crippen molar-refractivity contribution >= 4 is 16.7 Å². The Morgan fingerprint density at radius 3 is 2.88 bits per heavy atom. The van der Waals surface area contributed by atoms with Crippen molar-refractivity contribution in [3.63, 3.8) is 0 Å². The number of ether oxygens (including phenoxy) is 1. The van der Waals surface area contributed by atoms with Crippen molar-refractivity contribution in [1.29, 1.82) is 0 Å². The number of fused-ring (bicyclic) bond motifs is 1. The molecule has 0 saturated carbocycles. The van der Waals surface area contributed by atoms with Crippen LogP contribution in [0.3, 0.4) is 0 Å². The predicted molar refractivity (Wildman–Crippen MR) is 98.5 cm³/mol. The summed E-state index contributed by atoms with van der Waals surface area (Å²) in [6, 6.07) is 14.1. The number of carbonyl (C=O) groups is 1. The van der Waals surface area contributed by atoms with E-state index in [9.17, 15) is 9.90 Å². The Morgan fingerprint density at radius 2 is 2.04 bits per heavy atom. The van der Waals surface area contributed by atoms with E-state index in [0.717, 1.165) is 42.3 Å². The van der Waals surface area contributed by atoms with Gasteiger partial charge in [0.25, 0.3) is 0 Å². The third-order valence-corrected chi connectivity index (χ3v) is 4.81. The van der Waals surface area contributed by atoms with Gasteiger partial charge in [-0.1, -0.05) is 42.8 Å². The third-order valence-electron chi connectivity index (χ3n) is 4.81. The van der Waals surface area contributed by atoms with Crippen molar-refractivity contribution in [2.75, 3.05) is 19.7 Å². The highest BCUT2D eigenvalue weighted by Gasteiger charge is 2.25. The number of amides is 1. The van der Waals surface area contributed by atoms with Gasteiger partial charge in [-0.25, -0.2) is 0 Å². The fourth-order valence-corrected chi connectivity index (χ4v) is 3.59. The van der Waals surface area contributed by atoms with E-state index in [1.165, 1.54) is 0 Å². The van der Waals surface area contributed by atoms with E-state index in [2.05, 4.69) is 4.90 Å². The molecule has 2 aromatic rings. The number of nitrogens with zero attached hydrogens (tertiary/aromatic N) is 1. The Kier molecular flexibility index (Phi) is 5.89. The molecule has 3 N–H and O–H groups in total. The van der Waals surface area contributed by atoms with E-state index >= 15 is 0 Å². The number of rotatable bonds is 7. The van der Waals surface area contributed by atoms with Gasteiger partial charge in [-0.3, -0.25) is 9.69 Å². The van der Waals surface area contributed by atoms with Gasteiger partial charge < -0.3 is 15.6 Å². The Morgan fingerprint density at radius 1 is 1.24 bits per heavy atom. The normalized spacial score (nSPS) is 19.6. The summed E-state index contributed by atoms with van der Waals surface area (Å²) in [6.45, 7) is 1.62. The molecule has 3 rings (SSSR count). The molecule has 0 spiro atoms. The number of β-amino-alcohol motifs (C(OH)–C–C–N with tert-alkyl or cyclic N) is 1. The highest BCUT2D eigenvalue weighted by atomic mass is 16.5. The zero-order chi connectivity index (χ0) is 17.6. The van der Waals surface area contributed by atoms with Crippen molar-refractivity contribution in [3.05, 3.63) is 42.5 Å². The molecule has 0 aliphatic carbocycles. The maximum atomic E-state index is 11.2. The number of primary amides is 1. The summed E-state index contributed by atoms with van der Waals surface area (Å²) < 4.78 is 5.87. The van der Waals surface area contributed by atoms with Gasteiger partial charge in [-0.05, 0) is 30.8 Å². The van der Waals surface area contributed by atoms with Gasteiger partial charge in [0, 0.05) is 24.4 Å². The Bertz CT molecular complexity index is 714. The van der Waals surface area contributed by atoms with E-state index in [0.29, 0.717) is 13.0 Å². The quantitative estimate of drug-likeness (QED) is 0.810. The van der Waals surface area contributed by atoms with Crippen LogP contribution < -0.4 is 10.5 Å². The van der Waals surface area contributed by atoms with Crippen molar-refractivity contribution in [2.45, 2.75) is 37.8 Å². The molecule has 0 radical (unpaired) electrons. The lowest BCUT2D eigenvalue weighted by Gasteiger charge is -2.36. The van der Waals surface area contributed by atoms with Crippen LogP contribution in [-0.2, 0) is 4.79 Å². The molecule has 1 aliphatic rings. The topological polar surface area (TPSA) is 75.8 Å². The fraction of sp³-hybridized carbons (Fsp3) is 0.450. The first kappa shape index (κ1) is 17.7. The van der Waals surface area contributed by atoms with Crippen LogP contribution in [0.4, 0.5) is 0 Å². The van der Waals surface area contributed by atoms with Crippen LogP contribution in [0.2, 0.25) is 0 Å². The molecule has 2 unspecified atom stereocenters. The largest absolute Gasteiger partial charge is 0.490 e. The summed E-state index contributed by atoms with van der Waals surface area (Å²) in [7, 11) is 0. The Hall–Kier alpha value is -2.11. The van der Waals surface area contributed by atoms with Crippen LogP contribution in [0.1, 0.15) is 25.7 Å². The van der Waals surface area contributed by atoms with Crippen LogP contribution >= 0.6 is 0 Å². The van der Waals surface area contributed by atoms with Gasteiger partial charge in [0.05, 0.1) is 0 Å². The fourth-order valence-electron chi connectivity index (χ4n) is 3.59. The third kappa shape index (κ3) is 4.71. The minimum Gasteiger partial charge on any atom is -0.490 e. The Balaban J connectivity index is 1.58. The van der Waals surface area contributed by atoms with E-state index in [4.69, 9.17) is 10.5 Å². The van der Waals surface area contributed by atoms with Gasteiger partial charge in [-0.2, -0.15) is 0 Å². The van der Waals surface area contributed by atoms with Crippen LogP contribution in [-0.4, -0.2) is 47.8 Å². The SMILES string of the molecule is NC(=O)CC1CCCCN1CC(O)COc1cccc2ccccc12. The number of aliphatic hydroxyl groups is 1. The highest BCUT2D eigenvalue weighted by molar-refractivity contribution is 5.88. The average molecular weight is 342 g/mol. The first-order valence-corrected chi connectivity index (χ1v) is 8.94. The van der Waals surface area contributed by atoms with Crippen LogP contribution in [0, 0.1) is 0 Å². The molecular formula is C20H26N2O3. The second kappa shape index (κ2) is 8.32. The maximum absolute atomic E-state index is 11.2. The predicted octanol–water partition coefficient (Wildman–Crippen LogP) is 2.31. The van der Waals surface area contributed by atoms with Gasteiger partial charge >= 0.3 is 0 Å². The lowest BCUT2D eigenvalue weighted by Crippen LogP contribution is -2.46. The van der Waals surface area contributed by atoms with Crippen LogP contribution in [0.25, 0.3) is 10.8 Å². The second-order valence-corrected chi connectivity index (χ2v) is 6.76. The van der Waals surface area contributed by atoms with E-state index < -0.39 is 6.10 Å². The van der Waals surface area contributed by atoms with Gasteiger partial charge in [-0.15, -0.1) is 0 Å². The zero-order valence-corrected chi connectivity index (χ0v) is 14.4. The van der Waals surface area contributed by atoms with E-state index in [1.54, 1.807) is 0 Å². The zero-order valence-electron chi connectivity index (χ0n) is 14.4. The standard InChI is InChI=1S/C20H26N2O3/c21-20(24)12-16-8-3-4-11-22(16)13-17(23)14-25-19-10-5-7-15-6-1-2-9-18(15)19/h1-2,5-7,9-10,16-17,23H,3-4,8,11-14H2,(H2,21,24). The number of piperidine rings is 1. The highest BCUT2D eigenvalue weighted by Crippen LogP contribution is 2.25. The first-order chi connectivity index (χ1) is 12.1. The van der Waals surface area contributed by atoms with Crippen molar-refractivity contribution in [2.24, 2.45) is 5.73 Å². The number of carbonyl (C=O) groups excluding carboxylic acids is 1. The molecule has 25 heavy (non-hydrogen) atoms. The van der Waals surface area contributed by atoms with Gasteiger partial charge in [0.2, 0.25) is 5.91 Å². The lowest BCUT2D eigenvalue weighted by molar-refractivity contribution is -0.119. The maximum Gasteiger partial charge on any atom is 0.218 e. The van der Waals surface area contributed by atoms with Crippen LogP contribution in [0.5, 0.6) is 5.75 Å². The minimum atomic E-state index is -0.604. The van der Waals surface area contributed by atoms with Crippen molar-refractivity contribution < 1.29 is 14.6 Å². The Labute approximate surface area is 148 Å². The lowest BCUT2D eigenvalue weighted by atomic mass is 9.98. The molecule has 2 aromatic carbocycles. The van der Waals surface area contributed by atoms with Gasteiger partial charge in [0.1, 0.15) is 18.5 Å². The molecule has 2 atom stereocenters. The number of likely N-dealkylation sites (tertiary alicyclic amines) is 1. The molecule has 1 fully saturated rings. The number of benzene rings is 2. The molecule has 5 nitrogen and oxygen atoms in total. The average Bonchev–Trinajstić information content (AvgIpc) is 2.61. The summed E-state index contributed by atoms with van der Waals surface area (Å²) in [5.74, 6) is 0.503. The summed E-state index contributed by atoms with van der Waals surface area (Å²) in [4.78, 5) is 13.4. The van der Waals surface area contributed by atoms with E-state index in [-0.39, 0.29) is 18.6 Å². The number of hydrogen-bond acceptors (Lipinski definition) is 4. The molecular weight excluding hydrogens is 316 g/mol. The van der Waals surface area contributed by atoms with Crippen molar-refractivity contribution in [3.8, 4) is 5.75 Å². The minimum absolute atomic E-state index is 0.137. The molecule has 1 amide bonds. The summed E-state index contributed by atoms with van der Waals surface area (Å²) in [5, 5.41) is 12.6. The van der Waals surface area contributed by atoms with Crippen molar-refractivity contribution in [1.82, 2.24) is 4.90 Å². The molecule has 1 saturated heterocycles. The molecule has 1 heterocycles. The van der Waals surface area contributed by atoms with E-state index in [1.807, 2.05) is 42.5 Å². The molecule has 0 aromatic heterocycles. The molecule has 0 bridgehead atoms. The molecule has 1 aliphatic heterocycles. The van der Waals surface area contributed by atoms with Gasteiger partial charge in [0.15, 0.2) is 0 Å². The first-order valence-electron chi connectivity index (χ1n) is 8.94. The smallest absolute Gasteiger partial charge is 0.218 e. The number of hydrogen-bond donors (Lipinski definition) is 2. The van der Waals surface area contributed by atoms with Crippen LogP contribution in [0.15, 0.2) is 42.5 Å². The monoisotopic (exact) mass is 342 g/mol. The second-order valence-electron chi connectivity index (χ2n) is 6.76. The molecule has 5 heteroatoms. The summed E-state index contributed by atoms with van der Waals surface area (Å²) in [6.07, 6.45) is 2.91. The summed E-state index contributed by atoms with van der Waals surface area (Å²) in [5.41, 5.74) is 5.35. The molecule has 134 valence electrons. The number of nitrogens with two attached hydrogens (primary N) is 1.